The molecule has 158 valence electrons. The molecule has 1 aromatic carbocycles. The Morgan fingerprint density at radius 1 is 1.07 bits per heavy atom. The van der Waals surface area contributed by atoms with Gasteiger partial charge in [-0.2, -0.15) is 0 Å². The molecule has 0 bridgehead atoms. The van der Waals surface area contributed by atoms with E-state index in [4.69, 9.17) is 23.4 Å². The highest BCUT2D eigenvalue weighted by Gasteiger charge is 2.26. The van der Waals surface area contributed by atoms with Crippen molar-refractivity contribution in [3.05, 3.63) is 34.2 Å². The first-order chi connectivity index (χ1) is 13.6. The molecule has 9 heteroatoms. The van der Waals surface area contributed by atoms with E-state index in [2.05, 4.69) is 5.32 Å². The number of hydrogen-bond acceptors (Lipinski definition) is 8. The fourth-order valence-electron chi connectivity index (χ4n) is 2.73. The maximum Gasteiger partial charge on any atom is 0.408 e. The Bertz CT molecular complexity index is 957. The van der Waals surface area contributed by atoms with Crippen LogP contribution in [0.4, 0.5) is 4.79 Å². The highest BCUT2D eigenvalue weighted by Crippen LogP contribution is 2.33. The first-order valence-corrected chi connectivity index (χ1v) is 8.84. The van der Waals surface area contributed by atoms with Crippen molar-refractivity contribution in [3.63, 3.8) is 0 Å². The van der Waals surface area contributed by atoms with Crippen LogP contribution < -0.4 is 20.4 Å². The van der Waals surface area contributed by atoms with Gasteiger partial charge in [0, 0.05) is 23.9 Å². The molecule has 1 heterocycles. The molecule has 1 atom stereocenters. The minimum absolute atomic E-state index is 0.0243. The molecule has 0 saturated heterocycles. The lowest BCUT2D eigenvalue weighted by Gasteiger charge is -2.23. The predicted molar refractivity (Wildman–Crippen MR) is 104 cm³/mol. The molecule has 0 fully saturated rings. The number of rotatable bonds is 6. The van der Waals surface area contributed by atoms with Crippen LogP contribution in [0.25, 0.3) is 11.0 Å². The molecule has 0 radical (unpaired) electrons. The second-order valence-electron chi connectivity index (χ2n) is 7.22. The number of esters is 1. The Balaban J connectivity index is 2.45. The molecule has 1 N–H and O–H groups in total. The summed E-state index contributed by atoms with van der Waals surface area (Å²) in [6, 6.07) is 3.33. The average molecular weight is 407 g/mol. The molecule has 9 nitrogen and oxygen atoms in total. The van der Waals surface area contributed by atoms with Crippen LogP contribution in [0.5, 0.6) is 11.5 Å². The minimum atomic E-state index is -1.08. The van der Waals surface area contributed by atoms with Crippen molar-refractivity contribution in [2.75, 3.05) is 21.3 Å². The van der Waals surface area contributed by atoms with E-state index in [1.807, 2.05) is 0 Å². The van der Waals surface area contributed by atoms with Gasteiger partial charge in [-0.3, -0.25) is 0 Å². The lowest BCUT2D eigenvalue weighted by atomic mass is 10.0. The number of nitrogens with one attached hydrogen (secondary N) is 1. The van der Waals surface area contributed by atoms with E-state index in [-0.39, 0.29) is 12.0 Å². The molecule has 0 aliphatic rings. The Morgan fingerprint density at radius 3 is 2.24 bits per heavy atom. The first kappa shape index (κ1) is 22.1. The summed E-state index contributed by atoms with van der Waals surface area (Å²) in [6.07, 6.45) is -0.803. The number of fused-ring (bicyclic) bond motifs is 1. The standard InChI is InChI=1S/C20H25NO8/c1-20(2,3)29-19(24)21-13(18(23)27-6)7-11-8-17(22)28-14-10-16(26-5)15(25-4)9-12(11)14/h8-10,13H,7H2,1-6H3,(H,21,24)/t13-/m0/s1. The topological polar surface area (TPSA) is 113 Å². The number of amides is 1. The molecule has 0 aliphatic heterocycles. The van der Waals surface area contributed by atoms with Gasteiger partial charge in [0.2, 0.25) is 0 Å². The van der Waals surface area contributed by atoms with E-state index >= 15 is 0 Å². The zero-order valence-electron chi connectivity index (χ0n) is 17.3. The van der Waals surface area contributed by atoms with Crippen molar-refractivity contribution in [1.82, 2.24) is 5.32 Å². The van der Waals surface area contributed by atoms with Gasteiger partial charge in [-0.15, -0.1) is 0 Å². The fourth-order valence-corrected chi connectivity index (χ4v) is 2.73. The summed E-state index contributed by atoms with van der Waals surface area (Å²) in [5.41, 5.74) is -0.634. The SMILES string of the molecule is COC(=O)[C@H](Cc1cc(=O)oc2cc(OC)c(OC)cc12)NC(=O)OC(C)(C)C. The van der Waals surface area contributed by atoms with Crippen molar-refractivity contribution in [1.29, 1.82) is 0 Å². The van der Waals surface area contributed by atoms with Crippen LogP contribution in [0.15, 0.2) is 27.4 Å². The van der Waals surface area contributed by atoms with Gasteiger partial charge in [-0.1, -0.05) is 0 Å². The summed E-state index contributed by atoms with van der Waals surface area (Å²) in [7, 11) is 4.14. The highest BCUT2D eigenvalue weighted by atomic mass is 16.6. The summed E-state index contributed by atoms with van der Waals surface area (Å²) in [5, 5.41) is 3.01. The van der Waals surface area contributed by atoms with Crippen LogP contribution in [0.1, 0.15) is 26.3 Å². The summed E-state index contributed by atoms with van der Waals surface area (Å²) < 4.78 is 25.7. The summed E-state index contributed by atoms with van der Waals surface area (Å²) in [6.45, 7) is 5.11. The third-order valence-electron chi connectivity index (χ3n) is 3.94. The molecule has 0 aliphatic carbocycles. The van der Waals surface area contributed by atoms with Crippen LogP contribution in [0.2, 0.25) is 0 Å². The molecule has 0 unspecified atom stereocenters. The molecule has 29 heavy (non-hydrogen) atoms. The van der Waals surface area contributed by atoms with Crippen LogP contribution in [-0.2, 0) is 20.7 Å². The van der Waals surface area contributed by atoms with Crippen LogP contribution in [0, 0.1) is 0 Å². The van der Waals surface area contributed by atoms with Gasteiger partial charge >= 0.3 is 17.7 Å². The Kier molecular flexibility index (Phi) is 6.73. The fraction of sp³-hybridized carbons (Fsp3) is 0.450. The number of carbonyl (C=O) groups is 2. The maximum atomic E-state index is 12.2. The first-order valence-electron chi connectivity index (χ1n) is 8.84. The van der Waals surface area contributed by atoms with Crippen LogP contribution in [0.3, 0.4) is 0 Å². The second kappa shape index (κ2) is 8.85. The maximum absolute atomic E-state index is 12.2. The number of carbonyl (C=O) groups excluding carboxylic acids is 2. The summed E-state index contributed by atoms with van der Waals surface area (Å²) in [5.74, 6) is 0.124. The van der Waals surface area contributed by atoms with Gasteiger partial charge in [0.05, 0.1) is 21.3 Å². The smallest absolute Gasteiger partial charge is 0.408 e. The minimum Gasteiger partial charge on any atom is -0.493 e. The van der Waals surface area contributed by atoms with Gasteiger partial charge in [0.15, 0.2) is 11.5 Å². The Hall–Kier alpha value is -3.23. The normalized spacial score (nSPS) is 12.2. The van der Waals surface area contributed by atoms with E-state index in [0.717, 1.165) is 0 Å². The quantitative estimate of drug-likeness (QED) is 0.574. The number of methoxy groups -OCH3 is 3. The number of ether oxygens (including phenoxy) is 4. The van der Waals surface area contributed by atoms with Gasteiger partial charge in [0.25, 0.3) is 0 Å². The molecular formula is C20H25NO8. The predicted octanol–water partition coefficient (Wildman–Crippen LogP) is 2.42. The van der Waals surface area contributed by atoms with E-state index < -0.39 is 29.3 Å². The molecule has 0 spiro atoms. The molecule has 1 amide bonds. The van der Waals surface area contributed by atoms with Crippen molar-refractivity contribution < 1.29 is 33.0 Å². The monoisotopic (exact) mass is 407 g/mol. The van der Waals surface area contributed by atoms with Gasteiger partial charge in [-0.25, -0.2) is 14.4 Å². The summed E-state index contributed by atoms with van der Waals surface area (Å²) in [4.78, 5) is 36.4. The second-order valence-corrected chi connectivity index (χ2v) is 7.22. The number of benzene rings is 1. The van der Waals surface area contributed by atoms with Crippen molar-refractivity contribution >= 4 is 23.0 Å². The van der Waals surface area contributed by atoms with E-state index in [9.17, 15) is 14.4 Å². The van der Waals surface area contributed by atoms with Crippen molar-refractivity contribution in [3.8, 4) is 11.5 Å². The average Bonchev–Trinajstić information content (AvgIpc) is 2.64. The van der Waals surface area contributed by atoms with E-state index in [1.54, 1.807) is 26.8 Å². The third kappa shape index (κ3) is 5.63. The number of alkyl carbamates (subject to hydrolysis) is 1. The lowest BCUT2D eigenvalue weighted by molar-refractivity contribution is -0.143. The van der Waals surface area contributed by atoms with Crippen LogP contribution in [-0.4, -0.2) is 45.0 Å². The zero-order chi connectivity index (χ0) is 21.8. The van der Waals surface area contributed by atoms with Gasteiger partial charge in [-0.05, 0) is 32.4 Å². The van der Waals surface area contributed by atoms with Gasteiger partial charge < -0.3 is 28.7 Å². The van der Waals surface area contributed by atoms with Crippen molar-refractivity contribution in [2.24, 2.45) is 0 Å². The summed E-state index contributed by atoms with van der Waals surface area (Å²) >= 11 is 0. The molecular weight excluding hydrogens is 382 g/mol. The van der Waals surface area contributed by atoms with Gasteiger partial charge in [0.1, 0.15) is 17.2 Å². The molecule has 1 aromatic heterocycles. The van der Waals surface area contributed by atoms with Crippen LogP contribution >= 0.6 is 0 Å². The largest absolute Gasteiger partial charge is 0.493 e. The Labute approximate surface area is 167 Å². The van der Waals surface area contributed by atoms with E-state index in [1.165, 1.54) is 33.5 Å². The third-order valence-corrected chi connectivity index (χ3v) is 3.94. The van der Waals surface area contributed by atoms with E-state index in [0.29, 0.717) is 22.4 Å². The zero-order valence-corrected chi connectivity index (χ0v) is 17.3. The molecule has 0 saturated carbocycles. The van der Waals surface area contributed by atoms with Crippen molar-refractivity contribution in [2.45, 2.75) is 38.8 Å². The molecule has 2 aromatic rings. The molecule has 2 rings (SSSR count). The lowest BCUT2D eigenvalue weighted by Crippen LogP contribution is -2.45. The number of hydrogen-bond donors (Lipinski definition) is 1. The Morgan fingerprint density at radius 2 is 1.69 bits per heavy atom. The highest BCUT2D eigenvalue weighted by molar-refractivity contribution is 5.86.